The zero-order valence-electron chi connectivity index (χ0n) is 10.3. The first-order valence-corrected chi connectivity index (χ1v) is 6.36. The second-order valence-electron chi connectivity index (χ2n) is 5.54. The van der Waals surface area contributed by atoms with E-state index in [1.807, 2.05) is 6.92 Å². The third-order valence-electron chi connectivity index (χ3n) is 4.11. The van der Waals surface area contributed by atoms with Gasteiger partial charge in [0.15, 0.2) is 0 Å². The molecule has 4 nitrogen and oxygen atoms in total. The number of rotatable bonds is 2. The molecule has 2 aliphatic rings. The summed E-state index contributed by atoms with van der Waals surface area (Å²) in [6.45, 7) is 5.28. The van der Waals surface area contributed by atoms with Gasteiger partial charge in [-0.25, -0.2) is 4.98 Å². The van der Waals surface area contributed by atoms with Gasteiger partial charge in [-0.15, -0.1) is 0 Å². The van der Waals surface area contributed by atoms with Crippen molar-refractivity contribution >= 4 is 5.97 Å². The van der Waals surface area contributed by atoms with Gasteiger partial charge in [-0.1, -0.05) is 6.92 Å². The maximum Gasteiger partial charge on any atom is 0.307 e. The number of hydrogen-bond acceptors (Lipinski definition) is 2. The molecule has 1 saturated carbocycles. The Kier molecular flexibility index (Phi) is 2.28. The van der Waals surface area contributed by atoms with Gasteiger partial charge in [0.05, 0.1) is 11.6 Å². The lowest BCUT2D eigenvalue weighted by Gasteiger charge is -2.21. The Morgan fingerprint density at radius 2 is 2.29 bits per heavy atom. The lowest BCUT2D eigenvalue weighted by atomic mass is 10.00. The zero-order chi connectivity index (χ0) is 12.2. The van der Waals surface area contributed by atoms with Gasteiger partial charge in [0.1, 0.15) is 5.82 Å². The van der Waals surface area contributed by atoms with Crippen molar-refractivity contribution in [1.82, 2.24) is 9.55 Å². The average Bonchev–Trinajstić information content (AvgIpc) is 2.96. The Bertz CT molecular complexity index is 478. The summed E-state index contributed by atoms with van der Waals surface area (Å²) in [6, 6.07) is 0. The van der Waals surface area contributed by atoms with Crippen LogP contribution in [-0.4, -0.2) is 20.6 Å². The molecule has 4 heteroatoms. The fourth-order valence-corrected chi connectivity index (χ4v) is 3.05. The molecule has 1 fully saturated rings. The third-order valence-corrected chi connectivity index (χ3v) is 4.11. The van der Waals surface area contributed by atoms with E-state index in [1.165, 1.54) is 12.1 Å². The van der Waals surface area contributed by atoms with Crippen LogP contribution < -0.4 is 0 Å². The summed E-state index contributed by atoms with van der Waals surface area (Å²) in [5.41, 5.74) is 2.24. The molecule has 1 N–H and O–H groups in total. The first kappa shape index (κ1) is 10.8. The van der Waals surface area contributed by atoms with Crippen LogP contribution in [0.15, 0.2) is 0 Å². The van der Waals surface area contributed by atoms with Crippen molar-refractivity contribution in [1.29, 1.82) is 0 Å². The Labute approximate surface area is 101 Å². The molecular weight excluding hydrogens is 216 g/mol. The molecule has 0 spiro atoms. The van der Waals surface area contributed by atoms with E-state index in [-0.39, 0.29) is 11.8 Å². The number of aliphatic carboxylic acids is 1. The summed E-state index contributed by atoms with van der Waals surface area (Å²) in [4.78, 5) is 15.6. The van der Waals surface area contributed by atoms with Crippen LogP contribution >= 0.6 is 0 Å². The van der Waals surface area contributed by atoms with Crippen LogP contribution in [0.5, 0.6) is 0 Å². The lowest BCUT2D eigenvalue weighted by molar-refractivity contribution is -0.138. The summed E-state index contributed by atoms with van der Waals surface area (Å²) in [5, 5.41) is 9.03. The van der Waals surface area contributed by atoms with E-state index in [0.29, 0.717) is 5.92 Å². The van der Waals surface area contributed by atoms with E-state index in [0.717, 1.165) is 30.9 Å². The van der Waals surface area contributed by atoms with Crippen molar-refractivity contribution < 1.29 is 9.90 Å². The standard InChI is InChI=1S/C13H18N2O2/c1-7-3-4-15-11(5-7)14-8(2)12(15)9-6-10(9)13(16)17/h7,9-10H,3-6H2,1-2H3,(H,16,17). The summed E-state index contributed by atoms with van der Waals surface area (Å²) in [7, 11) is 0. The molecule has 3 unspecified atom stereocenters. The molecule has 3 rings (SSSR count). The maximum absolute atomic E-state index is 11.0. The molecule has 1 aromatic heterocycles. The number of carboxylic acids is 1. The molecule has 0 amide bonds. The smallest absolute Gasteiger partial charge is 0.307 e. The Morgan fingerprint density at radius 1 is 1.53 bits per heavy atom. The molecule has 1 aliphatic carbocycles. The number of carboxylic acid groups (broad SMARTS) is 1. The predicted octanol–water partition coefficient (Wildman–Crippen LogP) is 1.96. The van der Waals surface area contributed by atoms with E-state index in [9.17, 15) is 4.79 Å². The van der Waals surface area contributed by atoms with Crippen molar-refractivity contribution in [3.63, 3.8) is 0 Å². The number of imidazole rings is 1. The van der Waals surface area contributed by atoms with Crippen LogP contribution in [0.2, 0.25) is 0 Å². The van der Waals surface area contributed by atoms with Crippen LogP contribution in [0.4, 0.5) is 0 Å². The van der Waals surface area contributed by atoms with Crippen molar-refractivity contribution in [2.45, 2.75) is 45.6 Å². The highest BCUT2D eigenvalue weighted by Crippen LogP contribution is 2.49. The highest BCUT2D eigenvalue weighted by Gasteiger charge is 2.47. The van der Waals surface area contributed by atoms with Crippen molar-refractivity contribution in [2.24, 2.45) is 11.8 Å². The highest BCUT2D eigenvalue weighted by molar-refractivity contribution is 5.75. The largest absolute Gasteiger partial charge is 0.481 e. The molecule has 1 aliphatic heterocycles. The van der Waals surface area contributed by atoms with E-state index in [4.69, 9.17) is 5.11 Å². The van der Waals surface area contributed by atoms with Crippen molar-refractivity contribution in [2.75, 3.05) is 0 Å². The van der Waals surface area contributed by atoms with E-state index < -0.39 is 5.97 Å². The third kappa shape index (κ3) is 1.66. The van der Waals surface area contributed by atoms with Crippen LogP contribution in [-0.2, 0) is 17.8 Å². The Morgan fingerprint density at radius 3 is 2.94 bits per heavy atom. The number of nitrogens with zero attached hydrogens (tertiary/aromatic N) is 2. The number of aryl methyl sites for hydroxylation is 1. The minimum atomic E-state index is -0.658. The Hall–Kier alpha value is -1.32. The van der Waals surface area contributed by atoms with Crippen LogP contribution in [0, 0.1) is 18.8 Å². The van der Waals surface area contributed by atoms with Gasteiger partial charge in [-0.3, -0.25) is 4.79 Å². The minimum Gasteiger partial charge on any atom is -0.481 e. The fourth-order valence-electron chi connectivity index (χ4n) is 3.05. The highest BCUT2D eigenvalue weighted by atomic mass is 16.4. The predicted molar refractivity (Wildman–Crippen MR) is 62.9 cm³/mol. The lowest BCUT2D eigenvalue weighted by Crippen LogP contribution is -2.19. The van der Waals surface area contributed by atoms with Crippen molar-refractivity contribution in [3.05, 3.63) is 17.2 Å². The summed E-state index contributed by atoms with van der Waals surface area (Å²) >= 11 is 0. The van der Waals surface area contributed by atoms with E-state index in [2.05, 4.69) is 16.5 Å². The molecule has 2 heterocycles. The minimum absolute atomic E-state index is 0.172. The van der Waals surface area contributed by atoms with Crippen molar-refractivity contribution in [3.8, 4) is 0 Å². The maximum atomic E-state index is 11.0. The summed E-state index contributed by atoms with van der Waals surface area (Å²) in [6.07, 6.45) is 3.00. The fraction of sp³-hybridized carbons (Fsp3) is 0.692. The molecule has 0 saturated heterocycles. The summed E-state index contributed by atoms with van der Waals surface area (Å²) in [5.74, 6) is 1.24. The number of hydrogen-bond donors (Lipinski definition) is 1. The second kappa shape index (κ2) is 3.59. The number of carbonyl (C=O) groups is 1. The SMILES string of the molecule is Cc1nc2n(c1C1CC1C(=O)O)CCC(C)C2. The second-order valence-corrected chi connectivity index (χ2v) is 5.54. The van der Waals surface area contributed by atoms with Gasteiger partial charge in [-0.05, 0) is 25.7 Å². The van der Waals surface area contributed by atoms with E-state index in [1.54, 1.807) is 0 Å². The average molecular weight is 234 g/mol. The number of fused-ring (bicyclic) bond motifs is 1. The van der Waals surface area contributed by atoms with Gasteiger partial charge in [0.2, 0.25) is 0 Å². The zero-order valence-corrected chi connectivity index (χ0v) is 10.3. The molecule has 92 valence electrons. The van der Waals surface area contributed by atoms with Crippen LogP contribution in [0.3, 0.4) is 0 Å². The normalized spacial score (nSPS) is 31.1. The molecule has 17 heavy (non-hydrogen) atoms. The van der Waals surface area contributed by atoms with Gasteiger partial charge in [0, 0.05) is 24.6 Å². The molecule has 0 aromatic carbocycles. The molecule has 0 radical (unpaired) electrons. The number of aromatic nitrogens is 2. The van der Waals surface area contributed by atoms with Crippen LogP contribution in [0.25, 0.3) is 0 Å². The first-order valence-electron chi connectivity index (χ1n) is 6.36. The molecule has 1 aromatic rings. The molecule has 3 atom stereocenters. The van der Waals surface area contributed by atoms with Crippen LogP contribution in [0.1, 0.15) is 42.9 Å². The van der Waals surface area contributed by atoms with Gasteiger partial charge >= 0.3 is 5.97 Å². The van der Waals surface area contributed by atoms with Gasteiger partial charge in [0.25, 0.3) is 0 Å². The quantitative estimate of drug-likeness (QED) is 0.851. The van der Waals surface area contributed by atoms with E-state index >= 15 is 0 Å². The van der Waals surface area contributed by atoms with Gasteiger partial charge in [-0.2, -0.15) is 0 Å². The Balaban J connectivity index is 1.93. The van der Waals surface area contributed by atoms with Gasteiger partial charge < -0.3 is 9.67 Å². The topological polar surface area (TPSA) is 55.1 Å². The monoisotopic (exact) mass is 234 g/mol. The molecular formula is C13H18N2O2. The first-order chi connectivity index (χ1) is 8.08. The molecule has 0 bridgehead atoms. The summed E-state index contributed by atoms with van der Waals surface area (Å²) < 4.78 is 2.28.